The van der Waals surface area contributed by atoms with Crippen LogP contribution < -0.4 is 10.3 Å². The van der Waals surface area contributed by atoms with Crippen molar-refractivity contribution in [3.63, 3.8) is 0 Å². The van der Waals surface area contributed by atoms with Crippen LogP contribution in [0.2, 0.25) is 0 Å². The number of amides is 1. The molecule has 0 saturated heterocycles. The van der Waals surface area contributed by atoms with Crippen molar-refractivity contribution in [2.75, 3.05) is 23.5 Å². The molecule has 0 bridgehead atoms. The van der Waals surface area contributed by atoms with E-state index in [1.165, 1.54) is 0 Å². The molecular formula is C26H35N3O6. The van der Waals surface area contributed by atoms with Gasteiger partial charge in [-0.1, -0.05) is 6.42 Å². The number of esters is 2. The average molecular weight is 486 g/mol. The van der Waals surface area contributed by atoms with Gasteiger partial charge in [0.05, 0.1) is 37.2 Å². The highest BCUT2D eigenvalue weighted by atomic mass is 16.5. The first kappa shape index (κ1) is 26.4. The molecule has 0 spiro atoms. The molecule has 9 nitrogen and oxygen atoms in total. The first-order valence-electron chi connectivity index (χ1n) is 12.4. The van der Waals surface area contributed by atoms with Crippen LogP contribution in [0.5, 0.6) is 0 Å². The topological polar surface area (TPSA) is 114 Å². The van der Waals surface area contributed by atoms with Crippen molar-refractivity contribution in [1.82, 2.24) is 0 Å². The van der Waals surface area contributed by atoms with Crippen LogP contribution >= 0.6 is 0 Å². The fourth-order valence-corrected chi connectivity index (χ4v) is 4.78. The zero-order valence-corrected chi connectivity index (χ0v) is 21.0. The summed E-state index contributed by atoms with van der Waals surface area (Å²) < 4.78 is 10.3. The molecule has 0 unspecified atom stereocenters. The lowest BCUT2D eigenvalue weighted by molar-refractivity contribution is -0.151. The highest BCUT2D eigenvalue weighted by Crippen LogP contribution is 2.48. The predicted molar refractivity (Wildman–Crippen MR) is 132 cm³/mol. The van der Waals surface area contributed by atoms with Gasteiger partial charge < -0.3 is 14.4 Å². The summed E-state index contributed by atoms with van der Waals surface area (Å²) >= 11 is 0. The number of rotatable bonds is 9. The van der Waals surface area contributed by atoms with Crippen molar-refractivity contribution in [2.45, 2.75) is 84.1 Å². The van der Waals surface area contributed by atoms with Crippen molar-refractivity contribution in [3.8, 4) is 0 Å². The number of nitrogens with zero attached hydrogens (tertiary/aromatic N) is 2. The number of anilines is 2. The summed E-state index contributed by atoms with van der Waals surface area (Å²) in [7, 11) is 0. The quantitative estimate of drug-likeness (QED) is 0.321. The third-order valence-electron chi connectivity index (χ3n) is 6.38. The Balaban J connectivity index is 2.06. The van der Waals surface area contributed by atoms with E-state index in [-0.39, 0.29) is 43.8 Å². The van der Waals surface area contributed by atoms with Gasteiger partial charge >= 0.3 is 11.9 Å². The van der Waals surface area contributed by atoms with Crippen molar-refractivity contribution >= 4 is 40.7 Å². The molecule has 1 aromatic rings. The molecule has 1 fully saturated rings. The van der Waals surface area contributed by atoms with Gasteiger partial charge in [-0.15, -0.1) is 0 Å². The Morgan fingerprint density at radius 1 is 1.03 bits per heavy atom. The molecule has 1 aliphatic carbocycles. The number of benzene rings is 1. The summed E-state index contributed by atoms with van der Waals surface area (Å²) in [5.41, 5.74) is 3.73. The van der Waals surface area contributed by atoms with Crippen LogP contribution in [-0.4, -0.2) is 48.6 Å². The van der Waals surface area contributed by atoms with E-state index in [4.69, 9.17) is 9.47 Å². The molecule has 1 aliphatic heterocycles. The van der Waals surface area contributed by atoms with E-state index in [9.17, 15) is 19.2 Å². The third kappa shape index (κ3) is 5.71. The summed E-state index contributed by atoms with van der Waals surface area (Å²) in [6.07, 6.45) is 3.32. The van der Waals surface area contributed by atoms with E-state index in [1.807, 2.05) is 13.8 Å². The molecule has 1 aromatic carbocycles. The number of hydrogen-bond donors (Lipinski definition) is 1. The number of hydrazone groups is 1. The molecule has 9 heteroatoms. The van der Waals surface area contributed by atoms with Crippen molar-refractivity contribution in [2.24, 2.45) is 5.10 Å². The standard InChI is InChI=1S/C26H35N3O6/c1-5-34-23(31)15-26(16-24(32)35-6-2)19-14-18(12-13-21(19)29(17(3)4)25(26)33)27-28-20-10-8-7-9-11-22(20)30/h12-14,17,27H,5-11,15-16H2,1-4H3/b28-20+. The minimum absolute atomic E-state index is 0.0382. The second-order valence-electron chi connectivity index (χ2n) is 9.20. The largest absolute Gasteiger partial charge is 0.466 e. The molecule has 1 N–H and O–H groups in total. The van der Waals surface area contributed by atoms with Gasteiger partial charge in [-0.3, -0.25) is 24.6 Å². The van der Waals surface area contributed by atoms with E-state index in [0.717, 1.165) is 19.3 Å². The van der Waals surface area contributed by atoms with Crippen LogP contribution in [0.3, 0.4) is 0 Å². The van der Waals surface area contributed by atoms with Crippen molar-refractivity contribution in [3.05, 3.63) is 23.8 Å². The van der Waals surface area contributed by atoms with Crippen LogP contribution in [-0.2, 0) is 34.1 Å². The second-order valence-corrected chi connectivity index (χ2v) is 9.20. The average Bonchev–Trinajstić information content (AvgIpc) is 2.90. The smallest absolute Gasteiger partial charge is 0.307 e. The number of ether oxygens (including phenoxy) is 2. The highest BCUT2D eigenvalue weighted by Gasteiger charge is 2.54. The maximum Gasteiger partial charge on any atom is 0.307 e. The molecule has 35 heavy (non-hydrogen) atoms. The fraction of sp³-hybridized carbons (Fsp3) is 0.577. The zero-order chi connectivity index (χ0) is 25.6. The van der Waals surface area contributed by atoms with E-state index in [2.05, 4.69) is 10.5 Å². The summed E-state index contributed by atoms with van der Waals surface area (Å²) in [6.45, 7) is 7.46. The zero-order valence-electron chi connectivity index (χ0n) is 21.0. The monoisotopic (exact) mass is 485 g/mol. The highest BCUT2D eigenvalue weighted by molar-refractivity contribution is 6.40. The minimum Gasteiger partial charge on any atom is -0.466 e. The molecule has 1 heterocycles. The number of hydrogen-bond acceptors (Lipinski definition) is 8. The molecular weight excluding hydrogens is 450 g/mol. The number of ketones is 1. The Morgan fingerprint density at radius 2 is 1.66 bits per heavy atom. The lowest BCUT2D eigenvalue weighted by atomic mass is 9.75. The summed E-state index contributed by atoms with van der Waals surface area (Å²) in [5.74, 6) is -1.43. The first-order valence-corrected chi connectivity index (χ1v) is 12.4. The molecule has 0 radical (unpaired) electrons. The Labute approximate surface area is 206 Å². The maximum absolute atomic E-state index is 13.8. The normalized spacial score (nSPS) is 18.4. The van der Waals surface area contributed by atoms with Gasteiger partial charge in [-0.25, -0.2) is 0 Å². The number of fused-ring (bicyclic) bond motifs is 1. The van der Waals surface area contributed by atoms with Crippen LogP contribution in [0.4, 0.5) is 11.4 Å². The molecule has 1 amide bonds. The van der Waals surface area contributed by atoms with Crippen LogP contribution in [0.25, 0.3) is 0 Å². The molecule has 3 rings (SSSR count). The number of Topliss-reactive ketones (excluding diaryl/α,β-unsaturated/α-hetero) is 1. The van der Waals surface area contributed by atoms with Gasteiger partial charge in [-0.05, 0) is 70.7 Å². The maximum atomic E-state index is 13.8. The second kappa shape index (κ2) is 11.5. The third-order valence-corrected chi connectivity index (χ3v) is 6.38. The van der Waals surface area contributed by atoms with Crippen LogP contribution in [0.1, 0.15) is 78.2 Å². The van der Waals surface area contributed by atoms with Crippen molar-refractivity contribution in [1.29, 1.82) is 0 Å². The SMILES string of the molecule is CCOC(=O)CC1(CC(=O)OCC)C(=O)N(C(C)C)c2ccc(N/N=C3\CCCCCC3=O)cc21. The van der Waals surface area contributed by atoms with E-state index in [0.29, 0.717) is 35.5 Å². The molecule has 0 aromatic heterocycles. The van der Waals surface area contributed by atoms with Gasteiger partial charge in [-0.2, -0.15) is 5.10 Å². The van der Waals surface area contributed by atoms with Crippen molar-refractivity contribution < 1.29 is 28.7 Å². The number of carbonyl (C=O) groups excluding carboxylic acids is 4. The van der Waals surface area contributed by atoms with Gasteiger partial charge in [0.25, 0.3) is 0 Å². The fourth-order valence-electron chi connectivity index (χ4n) is 4.78. The first-order chi connectivity index (χ1) is 16.7. The van der Waals surface area contributed by atoms with Crippen LogP contribution in [0, 0.1) is 0 Å². The molecule has 190 valence electrons. The Morgan fingerprint density at radius 3 is 2.26 bits per heavy atom. The summed E-state index contributed by atoms with van der Waals surface area (Å²) in [4.78, 5) is 53.0. The molecule has 1 saturated carbocycles. The lowest BCUT2D eigenvalue weighted by Crippen LogP contribution is -2.46. The van der Waals surface area contributed by atoms with Crippen LogP contribution in [0.15, 0.2) is 23.3 Å². The van der Waals surface area contributed by atoms with Gasteiger partial charge in [0.15, 0.2) is 5.78 Å². The Hall–Kier alpha value is -3.23. The Kier molecular flexibility index (Phi) is 8.64. The van der Waals surface area contributed by atoms with E-state index in [1.54, 1.807) is 36.9 Å². The molecule has 0 atom stereocenters. The minimum atomic E-state index is -1.46. The predicted octanol–water partition coefficient (Wildman–Crippen LogP) is 3.89. The summed E-state index contributed by atoms with van der Waals surface area (Å²) in [5, 5.41) is 4.36. The number of nitrogens with one attached hydrogen (secondary N) is 1. The lowest BCUT2D eigenvalue weighted by Gasteiger charge is -2.28. The van der Waals surface area contributed by atoms with Gasteiger partial charge in [0.1, 0.15) is 5.71 Å². The number of carbonyl (C=O) groups is 4. The summed E-state index contributed by atoms with van der Waals surface area (Å²) in [6, 6.07) is 5.09. The van der Waals surface area contributed by atoms with E-state index >= 15 is 0 Å². The van der Waals surface area contributed by atoms with Gasteiger partial charge in [0.2, 0.25) is 5.91 Å². The molecule has 2 aliphatic rings. The van der Waals surface area contributed by atoms with Gasteiger partial charge in [0, 0.05) is 18.2 Å². The van der Waals surface area contributed by atoms with E-state index < -0.39 is 17.4 Å². The Bertz CT molecular complexity index is 996.